The Hall–Kier alpha value is -4.12. The molecule has 3 heterocycles. The zero-order valence-electron chi connectivity index (χ0n) is 19.3. The molecule has 10 nitrogen and oxygen atoms in total. The Kier molecular flexibility index (Phi) is 6.93. The van der Waals surface area contributed by atoms with E-state index in [1.807, 2.05) is 33.0 Å². The summed E-state index contributed by atoms with van der Waals surface area (Å²) in [6.07, 6.45) is 5.29. The first-order chi connectivity index (χ1) is 16.4. The standard InChI is InChI=1S/C23H27BN8O2/c1-3-16(7-4-14(2)24)26-23(33)27-17-8-5-15(6-9-17)21-28-18-19(30-31-20(18)25)22(29-21)32-10-12-34-13-11-32/h3-9H,1,10-13,24H2,2H3,(H3,25,30,31)(H2,26,27,33)/b14-4+,16-7+. The maximum Gasteiger partial charge on any atom is 0.323 e. The van der Waals surface area contributed by atoms with Gasteiger partial charge in [0.2, 0.25) is 0 Å². The van der Waals surface area contributed by atoms with Crippen LogP contribution in [0.5, 0.6) is 0 Å². The molecule has 1 fully saturated rings. The second-order valence-electron chi connectivity index (χ2n) is 8.03. The minimum absolute atomic E-state index is 0.322. The smallest absolute Gasteiger partial charge is 0.323 e. The van der Waals surface area contributed by atoms with Gasteiger partial charge in [-0.1, -0.05) is 19.6 Å². The fraction of sp³-hybridized carbons (Fsp3) is 0.217. The van der Waals surface area contributed by atoms with Gasteiger partial charge in [0.05, 0.1) is 13.2 Å². The van der Waals surface area contributed by atoms with E-state index in [4.69, 9.17) is 15.5 Å². The van der Waals surface area contributed by atoms with E-state index in [0.29, 0.717) is 47.3 Å². The first-order valence-corrected chi connectivity index (χ1v) is 10.9. The van der Waals surface area contributed by atoms with Gasteiger partial charge < -0.3 is 26.0 Å². The Balaban J connectivity index is 1.54. The quantitative estimate of drug-likeness (QED) is 0.329. The Morgan fingerprint density at radius 1 is 1.24 bits per heavy atom. The molecule has 0 atom stereocenters. The fourth-order valence-electron chi connectivity index (χ4n) is 3.45. The predicted molar refractivity (Wildman–Crippen MR) is 137 cm³/mol. The summed E-state index contributed by atoms with van der Waals surface area (Å²) in [6.45, 7) is 8.40. The van der Waals surface area contributed by atoms with Crippen molar-refractivity contribution in [3.05, 3.63) is 60.2 Å². The number of ether oxygens (including phenoxy) is 1. The van der Waals surface area contributed by atoms with Crippen LogP contribution in [0.2, 0.25) is 0 Å². The number of morpholine rings is 1. The topological polar surface area (TPSA) is 134 Å². The summed E-state index contributed by atoms with van der Waals surface area (Å²) in [6, 6.07) is 6.93. The Bertz CT molecular complexity index is 1260. The lowest BCUT2D eigenvalue weighted by atomic mass is 9.97. The lowest BCUT2D eigenvalue weighted by Crippen LogP contribution is -2.37. The molecule has 1 saturated heterocycles. The molecule has 2 amide bonds. The molecule has 0 bridgehead atoms. The van der Waals surface area contributed by atoms with E-state index in [-0.39, 0.29) is 6.03 Å². The predicted octanol–water partition coefficient (Wildman–Crippen LogP) is 2.17. The Morgan fingerprint density at radius 3 is 2.65 bits per heavy atom. The number of rotatable bonds is 6. The van der Waals surface area contributed by atoms with Crippen molar-refractivity contribution in [3.8, 4) is 11.4 Å². The van der Waals surface area contributed by atoms with Crippen LogP contribution in [0.3, 0.4) is 0 Å². The van der Waals surface area contributed by atoms with Crippen molar-refractivity contribution < 1.29 is 9.53 Å². The fourth-order valence-corrected chi connectivity index (χ4v) is 3.45. The number of carbonyl (C=O) groups is 1. The summed E-state index contributed by atoms with van der Waals surface area (Å²) in [5.41, 5.74) is 10.5. The van der Waals surface area contributed by atoms with Crippen LogP contribution in [0.1, 0.15) is 6.92 Å². The first-order valence-electron chi connectivity index (χ1n) is 10.9. The van der Waals surface area contributed by atoms with Gasteiger partial charge in [0.25, 0.3) is 0 Å². The maximum absolute atomic E-state index is 12.4. The number of fused-ring (bicyclic) bond motifs is 1. The molecule has 0 unspecified atom stereocenters. The highest BCUT2D eigenvalue weighted by Gasteiger charge is 2.20. The average molecular weight is 458 g/mol. The summed E-state index contributed by atoms with van der Waals surface area (Å²) in [4.78, 5) is 23.9. The highest BCUT2D eigenvalue weighted by Crippen LogP contribution is 2.29. The van der Waals surface area contributed by atoms with Gasteiger partial charge >= 0.3 is 6.03 Å². The van der Waals surface area contributed by atoms with Crippen LogP contribution in [0, 0.1) is 0 Å². The normalized spacial score (nSPS) is 14.8. The van der Waals surface area contributed by atoms with Crippen molar-refractivity contribution in [1.82, 2.24) is 25.5 Å². The molecule has 1 aliphatic rings. The van der Waals surface area contributed by atoms with Gasteiger partial charge in [-0.15, -0.1) is 5.47 Å². The number of urea groups is 1. The molecule has 0 spiro atoms. The first kappa shape index (κ1) is 23.1. The van der Waals surface area contributed by atoms with E-state index in [2.05, 4.69) is 37.3 Å². The molecule has 2 aromatic heterocycles. The summed E-state index contributed by atoms with van der Waals surface area (Å²) in [7, 11) is 1.98. The van der Waals surface area contributed by atoms with E-state index >= 15 is 0 Å². The lowest BCUT2D eigenvalue weighted by molar-refractivity contribution is 0.122. The van der Waals surface area contributed by atoms with Gasteiger partial charge in [0.15, 0.2) is 17.5 Å². The molecule has 0 saturated carbocycles. The molecule has 1 aromatic carbocycles. The average Bonchev–Trinajstić information content (AvgIpc) is 3.22. The maximum atomic E-state index is 12.4. The van der Waals surface area contributed by atoms with Crippen molar-refractivity contribution in [2.75, 3.05) is 42.3 Å². The number of nitrogens with zero attached hydrogens (tertiary/aromatic N) is 4. The minimum atomic E-state index is -0.362. The third-order valence-corrected chi connectivity index (χ3v) is 5.21. The van der Waals surface area contributed by atoms with Gasteiger partial charge in [0, 0.05) is 30.0 Å². The lowest BCUT2D eigenvalue weighted by Gasteiger charge is -2.28. The van der Waals surface area contributed by atoms with Crippen molar-refractivity contribution in [1.29, 1.82) is 0 Å². The monoisotopic (exact) mass is 458 g/mol. The van der Waals surface area contributed by atoms with Crippen LogP contribution < -0.4 is 21.3 Å². The molecule has 34 heavy (non-hydrogen) atoms. The number of nitrogens with two attached hydrogens (primary N) is 1. The van der Waals surface area contributed by atoms with Crippen molar-refractivity contribution in [2.24, 2.45) is 0 Å². The van der Waals surface area contributed by atoms with Crippen LogP contribution in [-0.2, 0) is 4.74 Å². The Morgan fingerprint density at radius 2 is 1.97 bits per heavy atom. The molecule has 0 aliphatic carbocycles. The van der Waals surface area contributed by atoms with Crippen LogP contribution in [0.25, 0.3) is 22.4 Å². The number of nitrogens with one attached hydrogen (secondary N) is 3. The highest BCUT2D eigenvalue weighted by molar-refractivity contribution is 6.21. The molecule has 5 N–H and O–H groups in total. The largest absolute Gasteiger partial charge is 0.380 e. The van der Waals surface area contributed by atoms with E-state index in [0.717, 1.165) is 29.9 Å². The summed E-state index contributed by atoms with van der Waals surface area (Å²) >= 11 is 0. The van der Waals surface area contributed by atoms with E-state index in [9.17, 15) is 4.79 Å². The zero-order valence-corrected chi connectivity index (χ0v) is 19.3. The molecule has 3 aromatic rings. The third-order valence-electron chi connectivity index (χ3n) is 5.21. The SMILES string of the molecule is B/C(C)=C/C=C(\C=C)NC(=O)Nc1ccc(-c2nc(N3CCOCC3)c3[nH]nc(N)c3n2)cc1. The Labute approximate surface area is 198 Å². The van der Waals surface area contributed by atoms with Crippen LogP contribution >= 0.6 is 0 Å². The van der Waals surface area contributed by atoms with Crippen LogP contribution in [-0.4, -0.2) is 60.3 Å². The molecule has 0 radical (unpaired) electrons. The number of aromatic nitrogens is 4. The third kappa shape index (κ3) is 5.26. The number of anilines is 3. The number of allylic oxidation sites excluding steroid dienone is 4. The van der Waals surface area contributed by atoms with Crippen LogP contribution in [0.15, 0.2) is 60.2 Å². The molecule has 1 aliphatic heterocycles. The number of amides is 2. The minimum Gasteiger partial charge on any atom is -0.380 e. The molecule has 174 valence electrons. The van der Waals surface area contributed by atoms with Gasteiger partial charge in [-0.25, -0.2) is 14.8 Å². The van der Waals surface area contributed by atoms with Gasteiger partial charge in [0.1, 0.15) is 18.9 Å². The van der Waals surface area contributed by atoms with Crippen molar-refractivity contribution in [3.63, 3.8) is 0 Å². The summed E-state index contributed by atoms with van der Waals surface area (Å²) in [5.74, 6) is 1.59. The summed E-state index contributed by atoms with van der Waals surface area (Å²) < 4.78 is 5.47. The molecular weight excluding hydrogens is 431 g/mol. The van der Waals surface area contributed by atoms with E-state index in [1.54, 1.807) is 24.3 Å². The number of hydrogen-bond donors (Lipinski definition) is 4. The van der Waals surface area contributed by atoms with Crippen molar-refractivity contribution >= 4 is 42.2 Å². The van der Waals surface area contributed by atoms with Gasteiger partial charge in [-0.2, -0.15) is 5.10 Å². The van der Waals surface area contributed by atoms with E-state index in [1.165, 1.54) is 0 Å². The number of aromatic amines is 1. The van der Waals surface area contributed by atoms with E-state index < -0.39 is 0 Å². The number of benzene rings is 1. The second kappa shape index (κ2) is 10.2. The number of nitrogen functional groups attached to an aromatic ring is 1. The molecular formula is C23H27BN8O2. The van der Waals surface area contributed by atoms with Gasteiger partial charge in [-0.05, 0) is 36.4 Å². The number of H-pyrrole nitrogens is 1. The number of hydrogen-bond acceptors (Lipinski definition) is 7. The summed E-state index contributed by atoms with van der Waals surface area (Å²) in [5, 5.41) is 12.6. The second-order valence-corrected chi connectivity index (χ2v) is 8.03. The van der Waals surface area contributed by atoms with Crippen LogP contribution in [0.4, 0.5) is 22.1 Å². The zero-order chi connectivity index (χ0) is 24.1. The number of carbonyl (C=O) groups excluding carboxylic acids is 1. The highest BCUT2D eigenvalue weighted by atomic mass is 16.5. The van der Waals surface area contributed by atoms with Gasteiger partial charge in [-0.3, -0.25) is 5.10 Å². The molecule has 11 heteroatoms. The van der Waals surface area contributed by atoms with Crippen molar-refractivity contribution in [2.45, 2.75) is 6.92 Å². The molecule has 4 rings (SSSR count).